The van der Waals surface area contributed by atoms with Gasteiger partial charge in [0.05, 0.1) is 0 Å². The molecule has 1 unspecified atom stereocenters. The standard InChI is InChI=1S/C17H20BrN/c1-3-10-19-13(2)14-6-4-7-15(11-14)16-8-5-9-17(18)12-16/h4-9,11-13,19H,3,10H2,1-2H3. The summed E-state index contributed by atoms with van der Waals surface area (Å²) in [5.41, 5.74) is 3.86. The van der Waals surface area contributed by atoms with E-state index in [0.717, 1.165) is 17.4 Å². The van der Waals surface area contributed by atoms with Gasteiger partial charge in [-0.3, -0.25) is 0 Å². The number of halogens is 1. The lowest BCUT2D eigenvalue weighted by atomic mass is 10.0. The topological polar surface area (TPSA) is 12.0 Å². The van der Waals surface area contributed by atoms with Crippen LogP contribution in [0.4, 0.5) is 0 Å². The van der Waals surface area contributed by atoms with E-state index in [-0.39, 0.29) is 0 Å². The van der Waals surface area contributed by atoms with E-state index in [9.17, 15) is 0 Å². The van der Waals surface area contributed by atoms with Gasteiger partial charge in [0.2, 0.25) is 0 Å². The van der Waals surface area contributed by atoms with E-state index in [1.165, 1.54) is 16.7 Å². The summed E-state index contributed by atoms with van der Waals surface area (Å²) < 4.78 is 1.12. The van der Waals surface area contributed by atoms with Crippen LogP contribution < -0.4 is 5.32 Å². The van der Waals surface area contributed by atoms with Gasteiger partial charge in [0.1, 0.15) is 0 Å². The molecule has 0 bridgehead atoms. The van der Waals surface area contributed by atoms with Crippen LogP contribution in [0.5, 0.6) is 0 Å². The molecule has 0 amide bonds. The Morgan fingerprint density at radius 2 is 1.74 bits per heavy atom. The molecule has 19 heavy (non-hydrogen) atoms. The quantitative estimate of drug-likeness (QED) is 0.801. The smallest absolute Gasteiger partial charge is 0.0292 e. The Balaban J connectivity index is 2.24. The summed E-state index contributed by atoms with van der Waals surface area (Å²) in [7, 11) is 0. The molecule has 0 aliphatic rings. The highest BCUT2D eigenvalue weighted by atomic mass is 79.9. The Bertz CT molecular complexity index is 536. The maximum Gasteiger partial charge on any atom is 0.0292 e. The van der Waals surface area contributed by atoms with Gasteiger partial charge in [-0.2, -0.15) is 0 Å². The van der Waals surface area contributed by atoms with E-state index < -0.39 is 0 Å². The first-order chi connectivity index (χ1) is 9.20. The summed E-state index contributed by atoms with van der Waals surface area (Å²) in [6, 6.07) is 17.6. The summed E-state index contributed by atoms with van der Waals surface area (Å²) in [4.78, 5) is 0. The van der Waals surface area contributed by atoms with Crippen molar-refractivity contribution in [3.05, 3.63) is 58.6 Å². The van der Waals surface area contributed by atoms with E-state index in [2.05, 4.69) is 83.6 Å². The Kier molecular flexibility index (Phi) is 5.17. The van der Waals surface area contributed by atoms with Gasteiger partial charge >= 0.3 is 0 Å². The monoisotopic (exact) mass is 317 g/mol. The molecule has 0 heterocycles. The second kappa shape index (κ2) is 6.88. The molecule has 0 saturated heterocycles. The maximum absolute atomic E-state index is 3.53. The summed E-state index contributed by atoms with van der Waals surface area (Å²) in [6.07, 6.45) is 1.16. The van der Waals surface area contributed by atoms with Gasteiger partial charge in [0, 0.05) is 10.5 Å². The summed E-state index contributed by atoms with van der Waals surface area (Å²) >= 11 is 3.53. The highest BCUT2D eigenvalue weighted by Gasteiger charge is 2.06. The van der Waals surface area contributed by atoms with Crippen LogP contribution >= 0.6 is 15.9 Å². The highest BCUT2D eigenvalue weighted by molar-refractivity contribution is 9.10. The lowest BCUT2D eigenvalue weighted by molar-refractivity contribution is 0.571. The van der Waals surface area contributed by atoms with Crippen molar-refractivity contribution in [1.82, 2.24) is 5.32 Å². The van der Waals surface area contributed by atoms with E-state index in [4.69, 9.17) is 0 Å². The van der Waals surface area contributed by atoms with E-state index in [1.54, 1.807) is 0 Å². The number of nitrogens with one attached hydrogen (secondary N) is 1. The molecule has 0 aliphatic carbocycles. The first-order valence-corrected chi connectivity index (χ1v) is 7.59. The van der Waals surface area contributed by atoms with Gasteiger partial charge in [-0.1, -0.05) is 53.2 Å². The minimum atomic E-state index is 0.395. The maximum atomic E-state index is 3.53. The lowest BCUT2D eigenvalue weighted by Crippen LogP contribution is -2.19. The molecule has 2 heteroatoms. The molecular formula is C17H20BrN. The van der Waals surface area contributed by atoms with Crippen LogP contribution in [0.2, 0.25) is 0 Å². The molecule has 1 N–H and O–H groups in total. The van der Waals surface area contributed by atoms with Crippen molar-refractivity contribution in [2.24, 2.45) is 0 Å². The molecule has 0 aromatic heterocycles. The van der Waals surface area contributed by atoms with Crippen molar-refractivity contribution in [3.63, 3.8) is 0 Å². The minimum Gasteiger partial charge on any atom is -0.310 e. The predicted octanol–water partition coefficient (Wildman–Crippen LogP) is 5.18. The van der Waals surface area contributed by atoms with Crippen molar-refractivity contribution in [2.45, 2.75) is 26.3 Å². The molecular weight excluding hydrogens is 298 g/mol. The summed E-state index contributed by atoms with van der Waals surface area (Å²) in [5.74, 6) is 0. The van der Waals surface area contributed by atoms with Crippen LogP contribution in [-0.2, 0) is 0 Å². The Labute approximate surface area is 124 Å². The summed E-state index contributed by atoms with van der Waals surface area (Å²) in [5, 5.41) is 3.53. The third-order valence-corrected chi connectivity index (χ3v) is 3.74. The molecule has 0 saturated carbocycles. The Morgan fingerprint density at radius 3 is 2.42 bits per heavy atom. The molecule has 100 valence electrons. The zero-order valence-corrected chi connectivity index (χ0v) is 13.1. The van der Waals surface area contributed by atoms with Gasteiger partial charge in [-0.25, -0.2) is 0 Å². The van der Waals surface area contributed by atoms with Gasteiger partial charge in [0.15, 0.2) is 0 Å². The molecule has 0 aliphatic heterocycles. The summed E-state index contributed by atoms with van der Waals surface area (Å²) in [6.45, 7) is 5.47. The number of hydrogen-bond donors (Lipinski definition) is 1. The largest absolute Gasteiger partial charge is 0.310 e. The third-order valence-electron chi connectivity index (χ3n) is 3.25. The van der Waals surface area contributed by atoms with E-state index in [1.807, 2.05) is 0 Å². The van der Waals surface area contributed by atoms with Crippen LogP contribution in [-0.4, -0.2) is 6.54 Å². The fraction of sp³-hybridized carbons (Fsp3) is 0.294. The molecule has 2 rings (SSSR count). The molecule has 2 aromatic carbocycles. The SMILES string of the molecule is CCCNC(C)c1cccc(-c2cccc(Br)c2)c1. The lowest BCUT2D eigenvalue weighted by Gasteiger charge is -2.15. The molecule has 1 nitrogen and oxygen atoms in total. The zero-order valence-electron chi connectivity index (χ0n) is 11.5. The number of benzene rings is 2. The van der Waals surface area contributed by atoms with E-state index >= 15 is 0 Å². The second-order valence-electron chi connectivity index (χ2n) is 4.81. The molecule has 0 spiro atoms. The Hall–Kier alpha value is -1.12. The van der Waals surface area contributed by atoms with Gasteiger partial charge < -0.3 is 5.32 Å². The van der Waals surface area contributed by atoms with Gasteiger partial charge in [0.25, 0.3) is 0 Å². The molecule has 2 aromatic rings. The average Bonchev–Trinajstić information content (AvgIpc) is 2.45. The fourth-order valence-electron chi connectivity index (χ4n) is 2.13. The van der Waals surface area contributed by atoms with Crippen molar-refractivity contribution in [1.29, 1.82) is 0 Å². The predicted molar refractivity (Wildman–Crippen MR) is 86.3 cm³/mol. The van der Waals surface area contributed by atoms with Gasteiger partial charge in [-0.15, -0.1) is 0 Å². The van der Waals surface area contributed by atoms with Crippen molar-refractivity contribution >= 4 is 15.9 Å². The zero-order chi connectivity index (χ0) is 13.7. The van der Waals surface area contributed by atoms with Crippen LogP contribution in [0.1, 0.15) is 31.9 Å². The Morgan fingerprint density at radius 1 is 1.05 bits per heavy atom. The van der Waals surface area contributed by atoms with Crippen molar-refractivity contribution in [2.75, 3.05) is 6.54 Å². The fourth-order valence-corrected chi connectivity index (χ4v) is 2.53. The molecule has 0 fully saturated rings. The van der Waals surface area contributed by atoms with Crippen molar-refractivity contribution in [3.8, 4) is 11.1 Å². The average molecular weight is 318 g/mol. The first kappa shape index (κ1) is 14.3. The normalized spacial score (nSPS) is 12.4. The molecule has 0 radical (unpaired) electrons. The second-order valence-corrected chi connectivity index (χ2v) is 5.73. The minimum absolute atomic E-state index is 0.395. The highest BCUT2D eigenvalue weighted by Crippen LogP contribution is 2.25. The van der Waals surface area contributed by atoms with Crippen LogP contribution in [0.25, 0.3) is 11.1 Å². The van der Waals surface area contributed by atoms with Crippen LogP contribution in [0.15, 0.2) is 53.0 Å². The van der Waals surface area contributed by atoms with Crippen molar-refractivity contribution < 1.29 is 0 Å². The van der Waals surface area contributed by atoms with Gasteiger partial charge in [-0.05, 0) is 54.8 Å². The number of hydrogen-bond acceptors (Lipinski definition) is 1. The first-order valence-electron chi connectivity index (χ1n) is 6.80. The molecule has 1 atom stereocenters. The van der Waals surface area contributed by atoms with E-state index in [0.29, 0.717) is 6.04 Å². The third kappa shape index (κ3) is 3.92. The van der Waals surface area contributed by atoms with Crippen LogP contribution in [0.3, 0.4) is 0 Å². The number of rotatable bonds is 5. The van der Waals surface area contributed by atoms with Crippen LogP contribution in [0, 0.1) is 0 Å².